The first-order chi connectivity index (χ1) is 6.38. The Balaban J connectivity index is 2.93. The fraction of sp³-hybridized carbons (Fsp3) is 0.750. The highest BCUT2D eigenvalue weighted by Crippen LogP contribution is 2.33. The first-order valence-corrected chi connectivity index (χ1v) is 4.32. The molecule has 1 fully saturated rings. The molecule has 1 saturated carbocycles. The molecule has 0 spiro atoms. The highest BCUT2D eigenvalue weighted by Gasteiger charge is 2.51. The van der Waals surface area contributed by atoms with Gasteiger partial charge in [0.25, 0.3) is 0 Å². The van der Waals surface area contributed by atoms with Gasteiger partial charge >= 0.3 is 11.9 Å². The number of hydrogen-bond acceptors (Lipinski definition) is 4. The van der Waals surface area contributed by atoms with Gasteiger partial charge in [-0.15, -0.1) is 0 Å². The van der Waals surface area contributed by atoms with Crippen LogP contribution in [0.15, 0.2) is 0 Å². The molecule has 6 nitrogen and oxygen atoms in total. The molecule has 0 aromatic rings. The van der Waals surface area contributed by atoms with Crippen LogP contribution in [0.2, 0.25) is 0 Å². The summed E-state index contributed by atoms with van der Waals surface area (Å²) in [5.74, 6) is -4.12. The first-order valence-electron chi connectivity index (χ1n) is 4.32. The van der Waals surface area contributed by atoms with Crippen molar-refractivity contribution in [3.8, 4) is 0 Å². The second kappa shape index (κ2) is 3.55. The maximum atomic E-state index is 10.7. The molecule has 6 heteroatoms. The molecule has 3 atom stereocenters. The van der Waals surface area contributed by atoms with Crippen LogP contribution in [0.5, 0.6) is 0 Å². The summed E-state index contributed by atoms with van der Waals surface area (Å²) < 4.78 is 0. The molecule has 0 saturated heterocycles. The van der Waals surface area contributed by atoms with Crippen LogP contribution >= 0.6 is 0 Å². The van der Waals surface area contributed by atoms with Crippen LogP contribution in [0, 0.1) is 5.92 Å². The third kappa shape index (κ3) is 1.71. The Kier molecular flexibility index (Phi) is 2.77. The lowest BCUT2D eigenvalue weighted by Crippen LogP contribution is -2.54. The standard InChI is InChI=1S/C8H13NO5/c9-4-1-2-8(14,7(12)13)5(3-4)6(10)11/h4-5,14H,1-3,9H2,(H,10,11)(H,12,13). The van der Waals surface area contributed by atoms with Gasteiger partial charge in [0.15, 0.2) is 5.60 Å². The summed E-state index contributed by atoms with van der Waals surface area (Å²) in [7, 11) is 0. The third-order valence-corrected chi connectivity index (χ3v) is 2.68. The molecule has 3 unspecified atom stereocenters. The predicted octanol–water partition coefficient (Wildman–Crippen LogP) is -0.986. The highest BCUT2D eigenvalue weighted by atomic mass is 16.4. The van der Waals surface area contributed by atoms with E-state index in [4.69, 9.17) is 15.9 Å². The van der Waals surface area contributed by atoms with E-state index >= 15 is 0 Å². The van der Waals surface area contributed by atoms with Crippen molar-refractivity contribution in [3.63, 3.8) is 0 Å². The van der Waals surface area contributed by atoms with Gasteiger partial charge in [0.2, 0.25) is 0 Å². The van der Waals surface area contributed by atoms with Crippen LogP contribution in [0.1, 0.15) is 19.3 Å². The molecule has 0 amide bonds. The maximum absolute atomic E-state index is 10.7. The Morgan fingerprint density at radius 1 is 1.36 bits per heavy atom. The summed E-state index contributed by atoms with van der Waals surface area (Å²) in [4.78, 5) is 21.5. The Bertz CT molecular complexity index is 266. The minimum absolute atomic E-state index is 0.00185. The molecule has 0 heterocycles. The van der Waals surface area contributed by atoms with Crippen molar-refractivity contribution >= 4 is 11.9 Å². The first kappa shape index (κ1) is 10.9. The van der Waals surface area contributed by atoms with Gasteiger partial charge in [-0.25, -0.2) is 4.79 Å². The van der Waals surface area contributed by atoms with Gasteiger partial charge in [0, 0.05) is 6.04 Å². The van der Waals surface area contributed by atoms with E-state index in [0.29, 0.717) is 6.42 Å². The summed E-state index contributed by atoms with van der Waals surface area (Å²) in [6, 6.07) is -0.351. The van der Waals surface area contributed by atoms with E-state index in [1.165, 1.54) is 0 Å². The number of aliphatic carboxylic acids is 2. The van der Waals surface area contributed by atoms with Crippen molar-refractivity contribution in [1.29, 1.82) is 0 Å². The number of rotatable bonds is 2. The molecule has 0 bridgehead atoms. The third-order valence-electron chi connectivity index (χ3n) is 2.68. The van der Waals surface area contributed by atoms with E-state index < -0.39 is 23.5 Å². The Morgan fingerprint density at radius 3 is 2.36 bits per heavy atom. The van der Waals surface area contributed by atoms with Crippen molar-refractivity contribution in [2.75, 3.05) is 0 Å². The Hall–Kier alpha value is -1.14. The van der Waals surface area contributed by atoms with E-state index in [-0.39, 0.29) is 18.9 Å². The summed E-state index contributed by atoms with van der Waals surface area (Å²) in [6.45, 7) is 0. The van der Waals surface area contributed by atoms with Crippen LogP contribution < -0.4 is 5.73 Å². The van der Waals surface area contributed by atoms with Gasteiger partial charge in [-0.05, 0) is 19.3 Å². The number of carboxylic acid groups (broad SMARTS) is 2. The van der Waals surface area contributed by atoms with Crippen molar-refractivity contribution in [3.05, 3.63) is 0 Å². The molecule has 0 aromatic carbocycles. The van der Waals surface area contributed by atoms with Crippen molar-refractivity contribution < 1.29 is 24.9 Å². The van der Waals surface area contributed by atoms with E-state index in [1.807, 2.05) is 0 Å². The van der Waals surface area contributed by atoms with Crippen LogP contribution in [-0.2, 0) is 9.59 Å². The fourth-order valence-corrected chi connectivity index (χ4v) is 1.76. The number of hydrogen-bond donors (Lipinski definition) is 4. The van der Waals surface area contributed by atoms with E-state index in [9.17, 15) is 14.7 Å². The van der Waals surface area contributed by atoms with Crippen LogP contribution in [0.25, 0.3) is 0 Å². The average molecular weight is 203 g/mol. The molecule has 0 aliphatic heterocycles. The summed E-state index contributed by atoms with van der Waals surface area (Å²) >= 11 is 0. The van der Waals surface area contributed by atoms with Gasteiger partial charge in [-0.3, -0.25) is 4.79 Å². The molecule has 1 aliphatic carbocycles. The zero-order chi connectivity index (χ0) is 10.9. The zero-order valence-electron chi connectivity index (χ0n) is 7.51. The normalized spacial score (nSPS) is 37.9. The van der Waals surface area contributed by atoms with Gasteiger partial charge < -0.3 is 21.1 Å². The van der Waals surface area contributed by atoms with E-state index in [2.05, 4.69) is 0 Å². The van der Waals surface area contributed by atoms with Crippen molar-refractivity contribution in [1.82, 2.24) is 0 Å². The Morgan fingerprint density at radius 2 is 1.93 bits per heavy atom. The molecule has 0 aromatic heterocycles. The van der Waals surface area contributed by atoms with Crippen molar-refractivity contribution in [2.24, 2.45) is 11.7 Å². The lowest BCUT2D eigenvalue weighted by Gasteiger charge is -2.36. The monoisotopic (exact) mass is 203 g/mol. The molecular formula is C8H13NO5. The lowest BCUT2D eigenvalue weighted by molar-refractivity contribution is -0.179. The molecule has 14 heavy (non-hydrogen) atoms. The van der Waals surface area contributed by atoms with Crippen LogP contribution in [-0.4, -0.2) is 38.9 Å². The van der Waals surface area contributed by atoms with Gasteiger partial charge in [0.05, 0.1) is 5.92 Å². The molecule has 80 valence electrons. The quantitative estimate of drug-likeness (QED) is 0.457. The highest BCUT2D eigenvalue weighted by molar-refractivity contribution is 5.85. The smallest absolute Gasteiger partial charge is 0.336 e. The number of carbonyl (C=O) groups is 2. The average Bonchev–Trinajstić information content (AvgIpc) is 2.08. The maximum Gasteiger partial charge on any atom is 0.336 e. The number of carboxylic acids is 2. The second-order valence-corrected chi connectivity index (χ2v) is 3.65. The minimum atomic E-state index is -2.16. The lowest BCUT2D eigenvalue weighted by atomic mass is 9.73. The number of nitrogens with two attached hydrogens (primary N) is 1. The molecular weight excluding hydrogens is 190 g/mol. The predicted molar refractivity (Wildman–Crippen MR) is 45.5 cm³/mol. The molecule has 1 aliphatic rings. The largest absolute Gasteiger partial charge is 0.481 e. The van der Waals surface area contributed by atoms with Crippen molar-refractivity contribution in [2.45, 2.75) is 30.9 Å². The van der Waals surface area contributed by atoms with Gasteiger partial charge in [-0.2, -0.15) is 0 Å². The summed E-state index contributed by atoms with van der Waals surface area (Å²) in [5.41, 5.74) is 3.35. The summed E-state index contributed by atoms with van der Waals surface area (Å²) in [5, 5.41) is 27.2. The second-order valence-electron chi connectivity index (χ2n) is 3.65. The van der Waals surface area contributed by atoms with Crippen LogP contribution in [0.4, 0.5) is 0 Å². The Labute approximate surface area is 80.3 Å². The minimum Gasteiger partial charge on any atom is -0.481 e. The molecule has 0 radical (unpaired) electrons. The van der Waals surface area contributed by atoms with Gasteiger partial charge in [0.1, 0.15) is 0 Å². The zero-order valence-corrected chi connectivity index (χ0v) is 7.51. The van der Waals surface area contributed by atoms with Crippen LogP contribution in [0.3, 0.4) is 0 Å². The molecule has 1 rings (SSSR count). The molecule has 5 N–H and O–H groups in total. The van der Waals surface area contributed by atoms with Gasteiger partial charge in [-0.1, -0.05) is 0 Å². The van der Waals surface area contributed by atoms with E-state index in [0.717, 1.165) is 0 Å². The fourth-order valence-electron chi connectivity index (χ4n) is 1.76. The number of aliphatic hydroxyl groups is 1. The van der Waals surface area contributed by atoms with E-state index in [1.54, 1.807) is 0 Å². The summed E-state index contributed by atoms with van der Waals surface area (Å²) in [6.07, 6.45) is 0.213. The SMILES string of the molecule is NC1CCC(O)(C(=O)O)C(C(=O)O)C1. The topological polar surface area (TPSA) is 121 Å².